The molecule has 0 atom stereocenters. The van der Waals surface area contributed by atoms with Gasteiger partial charge >= 0.3 is 0 Å². The molecule has 0 aliphatic carbocycles. The van der Waals surface area contributed by atoms with Crippen LogP contribution in [0.2, 0.25) is 30.1 Å². The maximum absolute atomic E-state index is 6.18. The maximum Gasteiger partial charge on any atom is 0.161 e. The lowest BCUT2D eigenvalue weighted by Gasteiger charge is -2.23. The highest BCUT2D eigenvalue weighted by Gasteiger charge is 2.27. The van der Waals surface area contributed by atoms with Gasteiger partial charge in [0.15, 0.2) is 5.75 Å². The lowest BCUT2D eigenvalue weighted by atomic mass is 10.3. The molecule has 20 heavy (non-hydrogen) atoms. The van der Waals surface area contributed by atoms with Crippen LogP contribution >= 0.6 is 81.4 Å². The van der Waals surface area contributed by atoms with Crippen LogP contribution in [0, 0.1) is 0 Å². The van der Waals surface area contributed by atoms with Crippen molar-refractivity contribution in [2.75, 3.05) is 0 Å². The van der Waals surface area contributed by atoms with Crippen molar-refractivity contribution in [3.05, 3.63) is 42.3 Å². The molecule has 0 radical (unpaired) electrons. The quantitative estimate of drug-likeness (QED) is 0.351. The van der Waals surface area contributed by atoms with Crippen LogP contribution in [0.4, 0.5) is 0 Å². The van der Waals surface area contributed by atoms with Gasteiger partial charge in [0.05, 0.1) is 34.9 Å². The molecule has 8 heteroatoms. The molecule has 104 valence electrons. The molecule has 0 amide bonds. The molecule has 2 aromatic carbocycles. The van der Waals surface area contributed by atoms with E-state index in [1.807, 2.05) is 0 Å². The predicted molar refractivity (Wildman–Crippen MR) is 87.1 cm³/mol. The Balaban J connectivity index is 2.22. The maximum atomic E-state index is 6.18. The molecular formula is C12H2Cl6OS. The summed E-state index contributed by atoms with van der Waals surface area (Å²) >= 11 is 37.7. The molecule has 1 aliphatic rings. The van der Waals surface area contributed by atoms with Crippen molar-refractivity contribution in [3.8, 4) is 11.5 Å². The van der Waals surface area contributed by atoms with Crippen LogP contribution in [0.25, 0.3) is 0 Å². The van der Waals surface area contributed by atoms with Gasteiger partial charge in [-0.05, 0) is 6.07 Å². The van der Waals surface area contributed by atoms with Crippen molar-refractivity contribution < 1.29 is 4.74 Å². The average Bonchev–Trinajstić information content (AvgIpc) is 2.42. The van der Waals surface area contributed by atoms with Gasteiger partial charge in [0.2, 0.25) is 0 Å². The van der Waals surface area contributed by atoms with Gasteiger partial charge in [-0.2, -0.15) is 0 Å². The second-order valence-electron chi connectivity index (χ2n) is 3.83. The van der Waals surface area contributed by atoms with Gasteiger partial charge in [-0.3, -0.25) is 0 Å². The number of rotatable bonds is 0. The molecule has 0 unspecified atom stereocenters. The molecule has 0 saturated heterocycles. The summed E-state index contributed by atoms with van der Waals surface area (Å²) in [6.45, 7) is 0. The first-order chi connectivity index (χ1) is 9.40. The topological polar surface area (TPSA) is 9.23 Å². The van der Waals surface area contributed by atoms with Crippen LogP contribution in [-0.4, -0.2) is 0 Å². The normalized spacial score (nSPS) is 12.7. The number of ether oxygens (including phenoxy) is 1. The van der Waals surface area contributed by atoms with Crippen LogP contribution in [0.1, 0.15) is 0 Å². The van der Waals surface area contributed by atoms with Crippen LogP contribution < -0.4 is 4.74 Å². The van der Waals surface area contributed by atoms with E-state index in [-0.39, 0.29) is 15.1 Å². The van der Waals surface area contributed by atoms with Gasteiger partial charge in [-0.25, -0.2) is 0 Å². The highest BCUT2D eigenvalue weighted by Crippen LogP contribution is 2.56. The second kappa shape index (κ2) is 5.51. The van der Waals surface area contributed by atoms with E-state index in [4.69, 9.17) is 74.3 Å². The van der Waals surface area contributed by atoms with E-state index in [2.05, 4.69) is 0 Å². The molecule has 1 nitrogen and oxygen atoms in total. The van der Waals surface area contributed by atoms with Gasteiger partial charge in [-0.15, -0.1) is 0 Å². The molecule has 0 spiro atoms. The standard InChI is InChI=1S/C12H2Cl6OS/c13-3-1-5-12(10(18)8(3)16)20-6-2-4(14)7(15)9(17)11(6)19-5/h1-2H. The molecular weight excluding hydrogens is 405 g/mol. The molecule has 0 saturated carbocycles. The minimum Gasteiger partial charge on any atom is -0.453 e. The number of fused-ring (bicyclic) bond motifs is 2. The van der Waals surface area contributed by atoms with Gasteiger partial charge in [0.1, 0.15) is 10.8 Å². The Morgan fingerprint density at radius 3 is 2.05 bits per heavy atom. The summed E-state index contributed by atoms with van der Waals surface area (Å²) in [5.41, 5.74) is 0. The molecule has 0 N–H and O–H groups in total. The van der Waals surface area contributed by atoms with E-state index >= 15 is 0 Å². The summed E-state index contributed by atoms with van der Waals surface area (Å²) in [6, 6.07) is 3.25. The fraction of sp³-hybridized carbons (Fsp3) is 0. The third-order valence-electron chi connectivity index (χ3n) is 2.59. The Morgan fingerprint density at radius 1 is 0.750 bits per heavy atom. The molecule has 0 fully saturated rings. The molecule has 0 bridgehead atoms. The summed E-state index contributed by atoms with van der Waals surface area (Å²) in [5, 5.41) is 1.73. The Kier molecular flexibility index (Phi) is 4.20. The number of halogens is 6. The lowest BCUT2D eigenvalue weighted by molar-refractivity contribution is 0.455. The summed E-state index contributed by atoms with van der Waals surface area (Å²) in [5.74, 6) is 0.898. The highest BCUT2D eigenvalue weighted by molar-refractivity contribution is 7.99. The summed E-state index contributed by atoms with van der Waals surface area (Å²) in [7, 11) is 0. The minimum atomic E-state index is 0.238. The number of hydrogen-bond acceptors (Lipinski definition) is 2. The van der Waals surface area contributed by atoms with Crippen molar-refractivity contribution in [1.29, 1.82) is 0 Å². The smallest absolute Gasteiger partial charge is 0.161 e. The van der Waals surface area contributed by atoms with E-state index in [1.165, 1.54) is 11.8 Å². The summed E-state index contributed by atoms with van der Waals surface area (Å²) < 4.78 is 5.74. The first-order valence-electron chi connectivity index (χ1n) is 5.11. The van der Waals surface area contributed by atoms with Crippen LogP contribution in [-0.2, 0) is 0 Å². The minimum absolute atomic E-state index is 0.238. The Hall–Kier alpha value is 0.330. The molecule has 1 heterocycles. The zero-order valence-electron chi connectivity index (χ0n) is 9.24. The van der Waals surface area contributed by atoms with Crippen LogP contribution in [0.15, 0.2) is 21.9 Å². The highest BCUT2D eigenvalue weighted by atomic mass is 35.5. The third-order valence-corrected chi connectivity index (χ3v) is 6.34. The summed E-state index contributed by atoms with van der Waals surface area (Å²) in [6.07, 6.45) is 0. The van der Waals surface area contributed by atoms with Crippen molar-refractivity contribution in [3.63, 3.8) is 0 Å². The largest absolute Gasteiger partial charge is 0.453 e. The van der Waals surface area contributed by atoms with Gasteiger partial charge in [-0.1, -0.05) is 81.4 Å². The van der Waals surface area contributed by atoms with Gasteiger partial charge in [0.25, 0.3) is 0 Å². The molecule has 0 aromatic heterocycles. The summed E-state index contributed by atoms with van der Waals surface area (Å²) in [4.78, 5) is 1.36. The number of hydrogen-bond donors (Lipinski definition) is 0. The van der Waals surface area contributed by atoms with E-state index in [9.17, 15) is 0 Å². The molecule has 3 rings (SSSR count). The van der Waals surface area contributed by atoms with Gasteiger partial charge < -0.3 is 4.74 Å². The van der Waals surface area contributed by atoms with Gasteiger partial charge in [0, 0.05) is 6.07 Å². The van der Waals surface area contributed by atoms with Crippen molar-refractivity contribution in [2.45, 2.75) is 9.79 Å². The number of benzene rings is 2. The molecule has 2 aromatic rings. The SMILES string of the molecule is Clc1cc2c(c(Cl)c1Cl)Oc1cc(Cl)c(Cl)c(Cl)c1S2. The Morgan fingerprint density at radius 2 is 1.35 bits per heavy atom. The zero-order chi connectivity index (χ0) is 14.6. The van der Waals surface area contributed by atoms with E-state index in [0.29, 0.717) is 36.4 Å². The first-order valence-corrected chi connectivity index (χ1v) is 8.19. The monoisotopic (exact) mass is 404 g/mol. The zero-order valence-corrected chi connectivity index (χ0v) is 14.6. The van der Waals surface area contributed by atoms with Crippen molar-refractivity contribution in [1.82, 2.24) is 0 Å². The van der Waals surface area contributed by atoms with E-state index in [1.54, 1.807) is 12.1 Å². The van der Waals surface area contributed by atoms with Crippen molar-refractivity contribution >= 4 is 81.4 Å². The van der Waals surface area contributed by atoms with E-state index < -0.39 is 0 Å². The fourth-order valence-electron chi connectivity index (χ4n) is 1.68. The van der Waals surface area contributed by atoms with Crippen LogP contribution in [0.3, 0.4) is 0 Å². The predicted octanol–water partition coefficient (Wildman–Crippen LogP) is 7.86. The molecule has 1 aliphatic heterocycles. The van der Waals surface area contributed by atoms with E-state index in [0.717, 1.165) is 0 Å². The fourth-order valence-corrected chi connectivity index (χ4v) is 4.21. The second-order valence-corrected chi connectivity index (χ2v) is 7.21. The Labute approximate surface area is 149 Å². The third kappa shape index (κ3) is 2.36. The first kappa shape index (κ1) is 15.2. The average molecular weight is 407 g/mol. The van der Waals surface area contributed by atoms with Crippen LogP contribution in [0.5, 0.6) is 11.5 Å². The Bertz CT molecular complexity index is 682. The van der Waals surface area contributed by atoms with Crippen molar-refractivity contribution in [2.24, 2.45) is 0 Å². The lowest BCUT2D eigenvalue weighted by Crippen LogP contribution is -1.98.